The first-order valence-corrected chi connectivity index (χ1v) is 6.49. The molecule has 3 nitrogen and oxygen atoms in total. The summed E-state index contributed by atoms with van der Waals surface area (Å²) in [6, 6.07) is 0. The molecule has 0 aliphatic rings. The second-order valence-electron chi connectivity index (χ2n) is 2.34. The van der Waals surface area contributed by atoms with Crippen molar-refractivity contribution in [3.63, 3.8) is 0 Å². The van der Waals surface area contributed by atoms with Crippen LogP contribution in [0.5, 0.6) is 0 Å². The minimum Gasteiger partial charge on any atom is -0.212 e. The zero-order valence-electron chi connectivity index (χ0n) is 7.21. The maximum absolute atomic E-state index is 12.0. The molecule has 0 saturated heterocycles. The SMILES string of the molecule is CCS(=O)(=O)N(CCBr)CC(F)F. The van der Waals surface area contributed by atoms with Crippen molar-refractivity contribution in [1.29, 1.82) is 0 Å². The number of sulfonamides is 1. The van der Waals surface area contributed by atoms with Gasteiger partial charge in [-0.25, -0.2) is 17.2 Å². The van der Waals surface area contributed by atoms with Gasteiger partial charge in [0.1, 0.15) is 0 Å². The van der Waals surface area contributed by atoms with E-state index in [9.17, 15) is 17.2 Å². The van der Waals surface area contributed by atoms with Crippen LogP contribution in [0, 0.1) is 0 Å². The summed E-state index contributed by atoms with van der Waals surface area (Å²) in [5.74, 6) is -0.146. The molecule has 0 aliphatic carbocycles. The fourth-order valence-electron chi connectivity index (χ4n) is 0.775. The van der Waals surface area contributed by atoms with Gasteiger partial charge in [0, 0.05) is 11.9 Å². The van der Waals surface area contributed by atoms with Gasteiger partial charge in [0.15, 0.2) is 0 Å². The van der Waals surface area contributed by atoms with Crippen LogP contribution in [-0.2, 0) is 10.0 Å². The summed E-state index contributed by atoms with van der Waals surface area (Å²) in [4.78, 5) is 0. The molecule has 0 saturated carbocycles. The second kappa shape index (κ2) is 5.87. The lowest BCUT2D eigenvalue weighted by Gasteiger charge is -2.19. The van der Waals surface area contributed by atoms with E-state index in [1.165, 1.54) is 6.92 Å². The maximum Gasteiger partial charge on any atom is 0.252 e. The van der Waals surface area contributed by atoms with Crippen LogP contribution in [0.2, 0.25) is 0 Å². The Balaban J connectivity index is 4.41. The van der Waals surface area contributed by atoms with Crippen LogP contribution in [0.3, 0.4) is 0 Å². The van der Waals surface area contributed by atoms with Crippen LogP contribution in [0.25, 0.3) is 0 Å². The highest BCUT2D eigenvalue weighted by Gasteiger charge is 2.22. The monoisotopic (exact) mass is 279 g/mol. The minimum atomic E-state index is -3.49. The van der Waals surface area contributed by atoms with Crippen LogP contribution in [-0.4, -0.2) is 43.3 Å². The summed E-state index contributed by atoms with van der Waals surface area (Å²) in [7, 11) is -3.49. The summed E-state index contributed by atoms with van der Waals surface area (Å²) in [6.45, 7) is 0.796. The number of hydrogen-bond acceptors (Lipinski definition) is 2. The molecule has 0 heterocycles. The van der Waals surface area contributed by atoms with Crippen LogP contribution in [0.15, 0.2) is 0 Å². The Hall–Kier alpha value is 0.250. The van der Waals surface area contributed by atoms with E-state index in [1.54, 1.807) is 0 Å². The van der Waals surface area contributed by atoms with E-state index >= 15 is 0 Å². The highest BCUT2D eigenvalue weighted by Crippen LogP contribution is 2.06. The Kier molecular flexibility index (Phi) is 5.98. The molecule has 0 unspecified atom stereocenters. The van der Waals surface area contributed by atoms with Gasteiger partial charge < -0.3 is 0 Å². The molecule has 0 N–H and O–H groups in total. The first-order valence-electron chi connectivity index (χ1n) is 3.76. The summed E-state index contributed by atoms with van der Waals surface area (Å²) >= 11 is 3.01. The fraction of sp³-hybridized carbons (Fsp3) is 1.00. The van der Waals surface area contributed by atoms with Crippen molar-refractivity contribution in [3.8, 4) is 0 Å². The molecule has 0 rings (SSSR count). The van der Waals surface area contributed by atoms with E-state index in [1.807, 2.05) is 0 Å². The van der Waals surface area contributed by atoms with E-state index in [2.05, 4.69) is 15.9 Å². The minimum absolute atomic E-state index is 0.0838. The van der Waals surface area contributed by atoms with Gasteiger partial charge in [0.05, 0.1) is 12.3 Å². The summed E-state index contributed by atoms with van der Waals surface area (Å²) < 4.78 is 47.1. The third kappa shape index (κ3) is 4.87. The molecule has 0 aromatic heterocycles. The third-order valence-corrected chi connectivity index (χ3v) is 3.64. The van der Waals surface area contributed by atoms with Gasteiger partial charge >= 0.3 is 0 Å². The molecule has 7 heteroatoms. The molecular weight excluding hydrogens is 268 g/mol. The average molecular weight is 280 g/mol. The molecule has 0 spiro atoms. The smallest absolute Gasteiger partial charge is 0.212 e. The van der Waals surface area contributed by atoms with Crippen molar-refractivity contribution < 1.29 is 17.2 Å². The Morgan fingerprint density at radius 2 is 2.00 bits per heavy atom. The van der Waals surface area contributed by atoms with Crippen molar-refractivity contribution in [2.75, 3.05) is 24.2 Å². The van der Waals surface area contributed by atoms with Crippen molar-refractivity contribution >= 4 is 26.0 Å². The topological polar surface area (TPSA) is 37.4 Å². The summed E-state index contributed by atoms with van der Waals surface area (Å²) in [5.41, 5.74) is 0. The van der Waals surface area contributed by atoms with Crippen LogP contribution in [0.4, 0.5) is 8.78 Å². The fourth-order valence-corrected chi connectivity index (χ4v) is 2.51. The van der Waals surface area contributed by atoms with Crippen molar-refractivity contribution in [1.82, 2.24) is 4.31 Å². The Labute approximate surface area is 85.3 Å². The van der Waals surface area contributed by atoms with E-state index in [0.29, 0.717) is 5.33 Å². The predicted octanol–water partition coefficient (Wildman–Crippen LogP) is 1.30. The predicted molar refractivity (Wildman–Crippen MR) is 50.8 cm³/mol. The lowest BCUT2D eigenvalue weighted by atomic mass is 10.6. The van der Waals surface area contributed by atoms with Gasteiger partial charge in [-0.3, -0.25) is 0 Å². The van der Waals surface area contributed by atoms with Crippen LogP contribution < -0.4 is 0 Å². The van der Waals surface area contributed by atoms with Crippen molar-refractivity contribution in [2.24, 2.45) is 0 Å². The lowest BCUT2D eigenvalue weighted by molar-refractivity contribution is 0.121. The van der Waals surface area contributed by atoms with E-state index in [4.69, 9.17) is 0 Å². The normalized spacial score (nSPS) is 12.8. The van der Waals surface area contributed by atoms with Gasteiger partial charge in [-0.1, -0.05) is 15.9 Å². The van der Waals surface area contributed by atoms with Crippen LogP contribution in [0.1, 0.15) is 6.92 Å². The van der Waals surface area contributed by atoms with Gasteiger partial charge in [-0.2, -0.15) is 4.31 Å². The highest BCUT2D eigenvalue weighted by molar-refractivity contribution is 9.09. The van der Waals surface area contributed by atoms with Gasteiger partial charge in [0.25, 0.3) is 6.43 Å². The van der Waals surface area contributed by atoms with E-state index in [0.717, 1.165) is 4.31 Å². The maximum atomic E-state index is 12.0. The molecule has 13 heavy (non-hydrogen) atoms. The Morgan fingerprint density at radius 1 is 1.46 bits per heavy atom. The molecule has 0 radical (unpaired) electrons. The number of rotatable bonds is 6. The highest BCUT2D eigenvalue weighted by atomic mass is 79.9. The number of alkyl halides is 3. The standard InChI is InChI=1S/C6H12BrF2NO2S/c1-2-13(11,12)10(4-3-7)5-6(8)9/h6H,2-5H2,1H3. The number of hydrogen-bond donors (Lipinski definition) is 0. The lowest BCUT2D eigenvalue weighted by Crippen LogP contribution is -2.37. The average Bonchev–Trinajstić information content (AvgIpc) is 2.03. The number of halogens is 3. The Bertz CT molecular complexity index is 233. The van der Waals surface area contributed by atoms with Crippen molar-refractivity contribution in [2.45, 2.75) is 13.3 Å². The largest absolute Gasteiger partial charge is 0.252 e. The molecule has 0 atom stereocenters. The second-order valence-corrected chi connectivity index (χ2v) is 5.39. The first kappa shape index (κ1) is 13.2. The van der Waals surface area contributed by atoms with Gasteiger partial charge in [-0.05, 0) is 6.92 Å². The van der Waals surface area contributed by atoms with E-state index < -0.39 is 23.0 Å². The molecule has 0 aromatic rings. The Morgan fingerprint density at radius 3 is 2.31 bits per heavy atom. The van der Waals surface area contributed by atoms with Crippen LogP contribution >= 0.6 is 15.9 Å². The molecule has 0 aliphatic heterocycles. The third-order valence-electron chi connectivity index (χ3n) is 1.43. The van der Waals surface area contributed by atoms with Gasteiger partial charge in [0.2, 0.25) is 10.0 Å². The summed E-state index contributed by atoms with van der Waals surface area (Å²) in [6.07, 6.45) is -2.62. The zero-order chi connectivity index (χ0) is 10.5. The molecule has 0 bridgehead atoms. The number of nitrogens with zero attached hydrogens (tertiary/aromatic N) is 1. The molecule has 0 amide bonds. The van der Waals surface area contributed by atoms with Gasteiger partial charge in [-0.15, -0.1) is 0 Å². The zero-order valence-corrected chi connectivity index (χ0v) is 9.61. The molecule has 0 fully saturated rings. The first-order chi connectivity index (χ1) is 5.94. The molecule has 80 valence electrons. The quantitative estimate of drug-likeness (QED) is 0.688. The molecular formula is C6H12BrF2NO2S. The summed E-state index contributed by atoms with van der Waals surface area (Å²) in [5, 5.41) is 0.360. The molecule has 0 aromatic carbocycles. The van der Waals surface area contributed by atoms with Crippen molar-refractivity contribution in [3.05, 3.63) is 0 Å². The van der Waals surface area contributed by atoms with E-state index in [-0.39, 0.29) is 12.3 Å².